The van der Waals surface area contributed by atoms with Crippen LogP contribution in [0.3, 0.4) is 0 Å². The van der Waals surface area contributed by atoms with Crippen molar-refractivity contribution in [2.24, 2.45) is 0 Å². The highest BCUT2D eigenvalue weighted by molar-refractivity contribution is 9.10. The van der Waals surface area contributed by atoms with Crippen LogP contribution in [0.4, 0.5) is 5.69 Å². The number of hydrogen-bond acceptors (Lipinski definition) is 3. The number of nitriles is 1. The number of halogens is 2. The lowest BCUT2D eigenvalue weighted by Crippen LogP contribution is -2.01. The van der Waals surface area contributed by atoms with Crippen LogP contribution in [0.25, 0.3) is 0 Å². The van der Waals surface area contributed by atoms with Gasteiger partial charge < -0.3 is 5.32 Å². The van der Waals surface area contributed by atoms with E-state index < -0.39 is 0 Å². The first kappa shape index (κ1) is 12.9. The summed E-state index contributed by atoms with van der Waals surface area (Å²) in [5.41, 5.74) is 2.51. The van der Waals surface area contributed by atoms with E-state index >= 15 is 0 Å². The topological polar surface area (TPSA) is 48.7 Å². The molecule has 2 rings (SSSR count). The van der Waals surface area contributed by atoms with Crippen molar-refractivity contribution in [3.8, 4) is 6.07 Å². The number of nitrogens with zero attached hydrogens (tertiary/aromatic N) is 2. The molecule has 90 valence electrons. The van der Waals surface area contributed by atoms with Gasteiger partial charge in [-0.15, -0.1) is 0 Å². The van der Waals surface area contributed by atoms with E-state index in [-0.39, 0.29) is 0 Å². The first-order chi connectivity index (χ1) is 8.70. The van der Waals surface area contributed by atoms with Crippen LogP contribution in [0.15, 0.2) is 41.1 Å². The predicted molar refractivity (Wildman–Crippen MR) is 75.4 cm³/mol. The molecule has 0 spiro atoms. The van der Waals surface area contributed by atoms with Crippen molar-refractivity contribution in [3.63, 3.8) is 0 Å². The second-order valence-electron chi connectivity index (χ2n) is 3.63. The van der Waals surface area contributed by atoms with E-state index in [1.54, 1.807) is 24.5 Å². The molecule has 0 aliphatic heterocycles. The van der Waals surface area contributed by atoms with Crippen molar-refractivity contribution >= 4 is 33.2 Å². The molecule has 2 aromatic rings. The first-order valence-electron chi connectivity index (χ1n) is 5.22. The summed E-state index contributed by atoms with van der Waals surface area (Å²) in [5, 5.41) is 12.7. The summed E-state index contributed by atoms with van der Waals surface area (Å²) in [6.07, 6.45) is 3.32. The Kier molecular flexibility index (Phi) is 4.19. The normalized spacial score (nSPS) is 9.83. The molecule has 5 heteroatoms. The molecule has 0 unspecified atom stereocenters. The van der Waals surface area contributed by atoms with Crippen LogP contribution >= 0.6 is 27.5 Å². The number of aromatic nitrogens is 1. The van der Waals surface area contributed by atoms with Gasteiger partial charge in [-0.05, 0) is 45.8 Å². The number of anilines is 1. The molecule has 1 N–H and O–H groups in total. The summed E-state index contributed by atoms with van der Waals surface area (Å²) in [4.78, 5) is 3.94. The van der Waals surface area contributed by atoms with E-state index in [9.17, 15) is 0 Å². The molecule has 0 bridgehead atoms. The molecule has 0 aliphatic rings. The third kappa shape index (κ3) is 3.00. The molecule has 1 heterocycles. The van der Waals surface area contributed by atoms with Gasteiger partial charge >= 0.3 is 0 Å². The zero-order chi connectivity index (χ0) is 13.0. The average Bonchev–Trinajstić information content (AvgIpc) is 2.39. The molecule has 3 nitrogen and oxygen atoms in total. The Hall–Kier alpha value is -1.57. The molecule has 0 atom stereocenters. The smallest absolute Gasteiger partial charge is 0.0992 e. The Bertz CT molecular complexity index is 607. The molecular formula is C13H9BrClN3. The van der Waals surface area contributed by atoms with Crippen LogP contribution in [0.1, 0.15) is 11.1 Å². The van der Waals surface area contributed by atoms with E-state index in [1.807, 2.05) is 12.1 Å². The van der Waals surface area contributed by atoms with E-state index in [4.69, 9.17) is 16.9 Å². The maximum atomic E-state index is 8.78. The maximum Gasteiger partial charge on any atom is 0.0992 e. The lowest BCUT2D eigenvalue weighted by molar-refractivity contribution is 1.12. The molecule has 0 amide bonds. The standard InChI is InChI=1S/C13H9BrClN3/c14-11-5-9(6-16)1-2-13(11)18-7-10-3-4-17-8-12(10)15/h1-5,8,18H,7H2. The third-order valence-electron chi connectivity index (χ3n) is 2.42. The summed E-state index contributed by atoms with van der Waals surface area (Å²) in [7, 11) is 0. The SMILES string of the molecule is N#Cc1ccc(NCc2ccncc2Cl)c(Br)c1. The maximum absolute atomic E-state index is 8.78. The Morgan fingerprint density at radius 1 is 1.39 bits per heavy atom. The highest BCUT2D eigenvalue weighted by atomic mass is 79.9. The lowest BCUT2D eigenvalue weighted by Gasteiger charge is -2.09. The molecule has 1 aromatic heterocycles. The van der Waals surface area contributed by atoms with Crippen LogP contribution < -0.4 is 5.32 Å². The summed E-state index contributed by atoms with van der Waals surface area (Å²) < 4.78 is 0.853. The number of nitrogens with one attached hydrogen (secondary N) is 1. The van der Waals surface area contributed by atoms with Gasteiger partial charge in [0.25, 0.3) is 0 Å². The van der Waals surface area contributed by atoms with E-state index in [0.29, 0.717) is 17.1 Å². The molecular weight excluding hydrogens is 314 g/mol. The summed E-state index contributed by atoms with van der Waals surface area (Å²) >= 11 is 9.44. The Morgan fingerprint density at radius 2 is 2.22 bits per heavy atom. The predicted octanol–water partition coefficient (Wildman–Crippen LogP) is 3.98. The van der Waals surface area contributed by atoms with Gasteiger partial charge in [0.05, 0.1) is 16.7 Å². The fourth-order valence-electron chi connectivity index (χ4n) is 1.47. The molecule has 1 aromatic carbocycles. The van der Waals surface area contributed by atoms with E-state index in [0.717, 1.165) is 15.7 Å². The van der Waals surface area contributed by atoms with Gasteiger partial charge in [-0.2, -0.15) is 5.26 Å². The minimum Gasteiger partial charge on any atom is -0.380 e. The second kappa shape index (κ2) is 5.85. The minimum atomic E-state index is 0.603. The zero-order valence-corrected chi connectivity index (χ0v) is 11.7. The van der Waals surface area contributed by atoms with Gasteiger partial charge in [-0.1, -0.05) is 11.6 Å². The summed E-state index contributed by atoms with van der Waals surface area (Å²) in [6.45, 7) is 0.603. The van der Waals surface area contributed by atoms with E-state index in [1.165, 1.54) is 0 Å². The van der Waals surface area contributed by atoms with Crippen molar-refractivity contribution in [1.82, 2.24) is 4.98 Å². The van der Waals surface area contributed by atoms with Gasteiger partial charge in [0.15, 0.2) is 0 Å². The van der Waals surface area contributed by atoms with Crippen LogP contribution in [0.2, 0.25) is 5.02 Å². The van der Waals surface area contributed by atoms with Gasteiger partial charge in [0, 0.05) is 29.1 Å². The van der Waals surface area contributed by atoms with Crippen molar-refractivity contribution < 1.29 is 0 Å². The molecule has 0 saturated carbocycles. The van der Waals surface area contributed by atoms with Crippen LogP contribution in [-0.2, 0) is 6.54 Å². The largest absolute Gasteiger partial charge is 0.380 e. The molecule has 0 saturated heterocycles. The molecule has 18 heavy (non-hydrogen) atoms. The van der Waals surface area contributed by atoms with E-state index in [2.05, 4.69) is 32.3 Å². The van der Waals surface area contributed by atoms with Gasteiger partial charge in [-0.3, -0.25) is 4.98 Å². The van der Waals surface area contributed by atoms with Crippen molar-refractivity contribution in [2.75, 3.05) is 5.32 Å². The Morgan fingerprint density at radius 3 is 2.89 bits per heavy atom. The monoisotopic (exact) mass is 321 g/mol. The zero-order valence-electron chi connectivity index (χ0n) is 9.32. The highest BCUT2D eigenvalue weighted by Crippen LogP contribution is 2.24. The minimum absolute atomic E-state index is 0.603. The van der Waals surface area contributed by atoms with Gasteiger partial charge in [0.2, 0.25) is 0 Å². The Balaban J connectivity index is 2.12. The Labute approximate surface area is 119 Å². The van der Waals surface area contributed by atoms with Crippen molar-refractivity contribution in [3.05, 3.63) is 57.3 Å². The van der Waals surface area contributed by atoms with Gasteiger partial charge in [0.1, 0.15) is 0 Å². The number of rotatable bonds is 3. The fraction of sp³-hybridized carbons (Fsp3) is 0.0769. The van der Waals surface area contributed by atoms with Crippen LogP contribution in [0, 0.1) is 11.3 Å². The highest BCUT2D eigenvalue weighted by Gasteiger charge is 2.03. The van der Waals surface area contributed by atoms with Crippen LogP contribution in [-0.4, -0.2) is 4.98 Å². The second-order valence-corrected chi connectivity index (χ2v) is 4.89. The quantitative estimate of drug-likeness (QED) is 0.930. The van der Waals surface area contributed by atoms with Crippen molar-refractivity contribution in [1.29, 1.82) is 5.26 Å². The third-order valence-corrected chi connectivity index (χ3v) is 3.42. The molecule has 0 fully saturated rings. The first-order valence-corrected chi connectivity index (χ1v) is 6.39. The molecule has 0 radical (unpaired) electrons. The molecule has 0 aliphatic carbocycles. The number of hydrogen-bond donors (Lipinski definition) is 1. The number of pyridine rings is 1. The summed E-state index contributed by atoms with van der Waals surface area (Å²) in [6, 6.07) is 9.36. The van der Waals surface area contributed by atoms with Crippen molar-refractivity contribution in [2.45, 2.75) is 6.54 Å². The number of benzene rings is 1. The van der Waals surface area contributed by atoms with Crippen LogP contribution in [0.5, 0.6) is 0 Å². The lowest BCUT2D eigenvalue weighted by atomic mass is 10.2. The fourth-order valence-corrected chi connectivity index (χ4v) is 2.17. The summed E-state index contributed by atoms with van der Waals surface area (Å²) in [5.74, 6) is 0. The average molecular weight is 323 g/mol. The van der Waals surface area contributed by atoms with Gasteiger partial charge in [-0.25, -0.2) is 0 Å².